The van der Waals surface area contributed by atoms with Crippen molar-refractivity contribution >= 4 is 29.3 Å². The van der Waals surface area contributed by atoms with Crippen molar-refractivity contribution in [2.24, 2.45) is 5.41 Å². The Morgan fingerprint density at radius 3 is 2.31 bits per heavy atom. The highest BCUT2D eigenvalue weighted by molar-refractivity contribution is 6.30. The lowest BCUT2D eigenvalue weighted by Crippen LogP contribution is -2.53. The molecule has 8 nitrogen and oxygen atoms in total. The molecule has 0 heterocycles. The fourth-order valence-electron chi connectivity index (χ4n) is 2.30. The van der Waals surface area contributed by atoms with Crippen LogP contribution in [0, 0.1) is 17.3 Å². The molecule has 1 aromatic carbocycles. The third-order valence-electron chi connectivity index (χ3n) is 3.90. The normalized spacial score (nSPS) is 12.8. The number of nitrogens with one attached hydrogen (secondary N) is 2. The van der Waals surface area contributed by atoms with E-state index in [1.807, 2.05) is 0 Å². The van der Waals surface area contributed by atoms with Crippen LogP contribution in [0.2, 0.25) is 5.02 Å². The van der Waals surface area contributed by atoms with Gasteiger partial charge in [-0.15, -0.1) is 0 Å². The Kier molecular flexibility index (Phi) is 9.11. The number of carbonyl (C=O) groups excluding carboxylic acids is 3. The highest BCUT2D eigenvalue weighted by Gasteiger charge is 2.33. The summed E-state index contributed by atoms with van der Waals surface area (Å²) < 4.78 is 0. The first kappa shape index (κ1) is 24.4. The molecule has 0 spiro atoms. The Hall–Kier alpha value is -2.60. The first-order valence-corrected chi connectivity index (χ1v) is 9.27. The van der Waals surface area contributed by atoms with Crippen molar-refractivity contribution in [2.45, 2.75) is 39.3 Å². The number of likely N-dealkylation sites (N-methyl/N-ethyl adjacent to an activating group) is 1. The van der Waals surface area contributed by atoms with Crippen LogP contribution in [0.4, 0.5) is 0 Å². The van der Waals surface area contributed by atoms with Crippen molar-refractivity contribution in [3.8, 4) is 11.8 Å². The number of aliphatic hydroxyl groups excluding tert-OH is 1. The number of aliphatic hydroxyl groups is 1. The number of rotatable bonds is 6. The van der Waals surface area contributed by atoms with Gasteiger partial charge in [0.2, 0.25) is 11.8 Å². The molecule has 1 rings (SSSR count). The summed E-state index contributed by atoms with van der Waals surface area (Å²) in [6.07, 6.45) is -2.38. The SMILES string of the molecule is CNC(=O)[C@@H](NC(=O)C[C@H](O)C(=O)N(O)CC#Cc1ccc(Cl)cc1)C(C)(C)C. The molecule has 3 amide bonds. The van der Waals surface area contributed by atoms with E-state index in [1.165, 1.54) is 7.05 Å². The Balaban J connectivity index is 2.62. The maximum absolute atomic E-state index is 12.1. The van der Waals surface area contributed by atoms with Gasteiger partial charge in [-0.3, -0.25) is 19.6 Å². The number of carbonyl (C=O) groups is 3. The molecule has 9 heteroatoms. The summed E-state index contributed by atoms with van der Waals surface area (Å²) in [7, 11) is 1.44. The lowest BCUT2D eigenvalue weighted by molar-refractivity contribution is -0.173. The molecule has 0 fully saturated rings. The summed E-state index contributed by atoms with van der Waals surface area (Å²) in [5, 5.41) is 25.5. The Morgan fingerprint density at radius 1 is 1.21 bits per heavy atom. The van der Waals surface area contributed by atoms with Crippen molar-refractivity contribution < 1.29 is 24.7 Å². The van der Waals surface area contributed by atoms with Gasteiger partial charge in [0.05, 0.1) is 6.42 Å². The summed E-state index contributed by atoms with van der Waals surface area (Å²) >= 11 is 5.77. The Labute approximate surface area is 175 Å². The smallest absolute Gasteiger partial charge is 0.276 e. The van der Waals surface area contributed by atoms with E-state index in [2.05, 4.69) is 22.5 Å². The Bertz CT molecular complexity index is 793. The highest BCUT2D eigenvalue weighted by Crippen LogP contribution is 2.19. The van der Waals surface area contributed by atoms with Crippen molar-refractivity contribution in [2.75, 3.05) is 13.6 Å². The topological polar surface area (TPSA) is 119 Å². The summed E-state index contributed by atoms with van der Waals surface area (Å²) in [6.45, 7) is 4.94. The molecule has 29 heavy (non-hydrogen) atoms. The number of hydrogen-bond acceptors (Lipinski definition) is 5. The fraction of sp³-hybridized carbons (Fsp3) is 0.450. The van der Waals surface area contributed by atoms with Gasteiger partial charge in [-0.25, -0.2) is 5.06 Å². The van der Waals surface area contributed by atoms with Crippen molar-refractivity contribution in [3.05, 3.63) is 34.9 Å². The van der Waals surface area contributed by atoms with Gasteiger partial charge in [-0.1, -0.05) is 44.2 Å². The van der Waals surface area contributed by atoms with Gasteiger partial charge < -0.3 is 15.7 Å². The van der Waals surface area contributed by atoms with E-state index >= 15 is 0 Å². The number of halogens is 1. The minimum atomic E-state index is -1.78. The fourth-order valence-corrected chi connectivity index (χ4v) is 2.43. The van der Waals surface area contributed by atoms with E-state index in [0.717, 1.165) is 0 Å². The summed E-state index contributed by atoms with van der Waals surface area (Å²) in [5.74, 6) is 3.15. The summed E-state index contributed by atoms with van der Waals surface area (Å²) in [4.78, 5) is 36.1. The number of hydroxylamine groups is 2. The standard InChI is InChI=1S/C20H26ClN3O5/c1-20(2,3)17(18(27)22-4)23-16(26)12-15(25)19(28)24(29)11-5-6-13-7-9-14(21)10-8-13/h7-10,15,17,25,29H,11-12H2,1-4H3,(H,22,27)(H,23,26)/t15-,17+/m0/s1. The maximum atomic E-state index is 12.1. The predicted molar refractivity (Wildman–Crippen MR) is 108 cm³/mol. The van der Waals surface area contributed by atoms with Gasteiger partial charge in [0, 0.05) is 17.6 Å². The van der Waals surface area contributed by atoms with Crippen LogP contribution < -0.4 is 10.6 Å². The lowest BCUT2D eigenvalue weighted by Gasteiger charge is -2.30. The van der Waals surface area contributed by atoms with Gasteiger partial charge in [0.1, 0.15) is 18.7 Å². The van der Waals surface area contributed by atoms with Crippen LogP contribution in [0.5, 0.6) is 0 Å². The average Bonchev–Trinajstić information content (AvgIpc) is 2.65. The first-order valence-electron chi connectivity index (χ1n) is 8.89. The van der Waals surface area contributed by atoms with Crippen molar-refractivity contribution in [1.82, 2.24) is 15.7 Å². The lowest BCUT2D eigenvalue weighted by atomic mass is 9.86. The zero-order valence-corrected chi connectivity index (χ0v) is 17.6. The van der Waals surface area contributed by atoms with Crippen LogP contribution in [0.3, 0.4) is 0 Å². The van der Waals surface area contributed by atoms with E-state index in [4.69, 9.17) is 11.6 Å². The van der Waals surface area contributed by atoms with Crippen molar-refractivity contribution in [1.29, 1.82) is 0 Å². The second-order valence-electron chi connectivity index (χ2n) is 7.41. The highest BCUT2D eigenvalue weighted by atomic mass is 35.5. The predicted octanol–water partition coefficient (Wildman–Crippen LogP) is 0.937. The van der Waals surface area contributed by atoms with Crippen LogP contribution in [0.25, 0.3) is 0 Å². The van der Waals surface area contributed by atoms with Crippen LogP contribution in [0.1, 0.15) is 32.8 Å². The molecule has 0 unspecified atom stereocenters. The second kappa shape index (κ2) is 10.8. The number of nitrogens with zero attached hydrogens (tertiary/aromatic N) is 1. The molecule has 0 radical (unpaired) electrons. The number of benzene rings is 1. The van der Waals surface area contributed by atoms with Crippen molar-refractivity contribution in [3.63, 3.8) is 0 Å². The molecule has 0 saturated carbocycles. The molecule has 0 aliphatic rings. The van der Waals surface area contributed by atoms with Gasteiger partial charge in [0.15, 0.2) is 0 Å². The molecule has 0 aliphatic heterocycles. The second-order valence-corrected chi connectivity index (χ2v) is 7.84. The molecule has 0 aromatic heterocycles. The monoisotopic (exact) mass is 423 g/mol. The minimum Gasteiger partial charge on any atom is -0.383 e. The molecule has 2 atom stereocenters. The largest absolute Gasteiger partial charge is 0.383 e. The van der Waals surface area contributed by atoms with Gasteiger partial charge in [-0.05, 0) is 29.7 Å². The minimum absolute atomic E-state index is 0.237. The Morgan fingerprint density at radius 2 is 1.79 bits per heavy atom. The average molecular weight is 424 g/mol. The molecular weight excluding hydrogens is 398 g/mol. The van der Waals surface area contributed by atoms with E-state index in [-0.39, 0.29) is 11.6 Å². The molecule has 0 saturated heterocycles. The van der Waals surface area contributed by atoms with Crippen LogP contribution in [0.15, 0.2) is 24.3 Å². The zero-order chi connectivity index (χ0) is 22.2. The van der Waals surface area contributed by atoms with Crippen LogP contribution in [-0.2, 0) is 14.4 Å². The quantitative estimate of drug-likeness (QED) is 0.308. The zero-order valence-electron chi connectivity index (χ0n) is 16.8. The third-order valence-corrected chi connectivity index (χ3v) is 4.16. The number of amides is 3. The molecule has 0 bridgehead atoms. The van der Waals surface area contributed by atoms with Gasteiger partial charge in [0.25, 0.3) is 5.91 Å². The van der Waals surface area contributed by atoms with Crippen LogP contribution in [-0.4, -0.2) is 58.8 Å². The van der Waals surface area contributed by atoms with E-state index in [1.54, 1.807) is 45.0 Å². The van der Waals surface area contributed by atoms with E-state index in [0.29, 0.717) is 10.6 Å². The van der Waals surface area contributed by atoms with Gasteiger partial charge in [-0.2, -0.15) is 0 Å². The van der Waals surface area contributed by atoms with Crippen LogP contribution >= 0.6 is 11.6 Å². The first-order chi connectivity index (χ1) is 13.5. The van der Waals surface area contributed by atoms with E-state index < -0.39 is 41.7 Å². The molecule has 1 aromatic rings. The number of hydrogen-bond donors (Lipinski definition) is 4. The summed E-state index contributed by atoms with van der Waals surface area (Å²) in [6, 6.07) is 5.81. The van der Waals surface area contributed by atoms with E-state index in [9.17, 15) is 24.7 Å². The molecule has 158 valence electrons. The molecule has 4 N–H and O–H groups in total. The third kappa shape index (κ3) is 8.11. The summed E-state index contributed by atoms with van der Waals surface area (Å²) in [5.41, 5.74) is 0.0583. The molecule has 0 aliphatic carbocycles. The maximum Gasteiger partial charge on any atom is 0.276 e. The van der Waals surface area contributed by atoms with Gasteiger partial charge >= 0.3 is 0 Å². The molecular formula is C20H26ClN3O5.